The minimum atomic E-state index is -0.267. The van der Waals surface area contributed by atoms with E-state index >= 15 is 0 Å². The van der Waals surface area contributed by atoms with Gasteiger partial charge in [0.1, 0.15) is 12.4 Å². The molecule has 6 heteroatoms. The van der Waals surface area contributed by atoms with Crippen molar-refractivity contribution in [1.29, 1.82) is 0 Å². The Morgan fingerprint density at radius 3 is 2.44 bits per heavy atom. The Balaban J connectivity index is 0.00000364. The normalized spacial score (nSPS) is 10.3. The van der Waals surface area contributed by atoms with Gasteiger partial charge in [-0.3, -0.25) is 0 Å². The van der Waals surface area contributed by atoms with E-state index < -0.39 is 0 Å². The highest BCUT2D eigenvalue weighted by Gasteiger charge is 2.12. The average Bonchev–Trinajstić information content (AvgIpc) is 2.65. The first kappa shape index (κ1) is 23.2. The summed E-state index contributed by atoms with van der Waals surface area (Å²) in [6.07, 6.45) is 0.949. The molecule has 0 aliphatic rings. The molecule has 0 amide bonds. The third-order valence-electron chi connectivity index (χ3n) is 3.85. The molecule has 0 atom stereocenters. The fraction of sp³-hybridized carbons (Fsp3) is 0.429. The number of para-hydroxylation sites is 1. The maximum absolute atomic E-state index is 13.9. The first-order valence-electron chi connectivity index (χ1n) is 9.15. The topological polar surface area (TPSA) is 39.7 Å². The van der Waals surface area contributed by atoms with Crippen molar-refractivity contribution in [2.75, 3.05) is 26.4 Å². The van der Waals surface area contributed by atoms with Crippen molar-refractivity contribution in [3.8, 4) is 11.5 Å². The summed E-state index contributed by atoms with van der Waals surface area (Å²) in [7, 11) is 0. The molecule has 2 aromatic carbocycles. The van der Waals surface area contributed by atoms with Crippen LogP contribution in [0.4, 0.5) is 4.39 Å². The summed E-state index contributed by atoms with van der Waals surface area (Å²) in [5.41, 5.74) is 1.51. The van der Waals surface area contributed by atoms with Crippen LogP contribution >= 0.6 is 12.4 Å². The summed E-state index contributed by atoms with van der Waals surface area (Å²) in [4.78, 5) is 0. The second-order valence-corrected chi connectivity index (χ2v) is 5.78. The molecule has 0 spiro atoms. The van der Waals surface area contributed by atoms with Crippen LogP contribution in [0.5, 0.6) is 11.5 Å². The fourth-order valence-corrected chi connectivity index (χ4v) is 2.57. The van der Waals surface area contributed by atoms with Crippen molar-refractivity contribution >= 4 is 12.4 Å². The summed E-state index contributed by atoms with van der Waals surface area (Å²) < 4.78 is 30.8. The third-order valence-corrected chi connectivity index (χ3v) is 3.85. The number of nitrogens with one attached hydrogen (secondary N) is 1. The van der Waals surface area contributed by atoms with Crippen LogP contribution < -0.4 is 14.8 Å². The largest absolute Gasteiger partial charge is 0.490 e. The van der Waals surface area contributed by atoms with Gasteiger partial charge in [-0.05, 0) is 38.9 Å². The van der Waals surface area contributed by atoms with Gasteiger partial charge in [0, 0.05) is 30.9 Å². The van der Waals surface area contributed by atoms with Gasteiger partial charge < -0.3 is 19.5 Å². The van der Waals surface area contributed by atoms with Crippen LogP contribution in [0.2, 0.25) is 0 Å². The van der Waals surface area contributed by atoms with Crippen LogP contribution in [0.15, 0.2) is 42.5 Å². The minimum Gasteiger partial charge on any atom is -0.490 e. The molecular formula is C21H29ClFNO3. The highest BCUT2D eigenvalue weighted by Crippen LogP contribution is 2.32. The standard InChI is InChI=1S/C21H28FNO3.ClH/c1-3-24-14-8-13-23-15-17-10-7-12-20(25-4-2)21(17)26-16-18-9-5-6-11-19(18)22;/h5-7,9-12,23H,3-4,8,13-16H2,1-2H3;1H. The lowest BCUT2D eigenvalue weighted by molar-refractivity contribution is 0.144. The number of ether oxygens (including phenoxy) is 3. The number of hydrogen-bond donors (Lipinski definition) is 1. The van der Waals surface area contributed by atoms with Gasteiger partial charge >= 0.3 is 0 Å². The molecule has 0 aromatic heterocycles. The number of benzene rings is 2. The summed E-state index contributed by atoms with van der Waals surface area (Å²) in [6.45, 7) is 7.62. The molecule has 0 fully saturated rings. The molecule has 0 saturated heterocycles. The monoisotopic (exact) mass is 397 g/mol. The van der Waals surface area contributed by atoms with E-state index in [1.807, 2.05) is 32.0 Å². The fourth-order valence-electron chi connectivity index (χ4n) is 2.57. The van der Waals surface area contributed by atoms with Gasteiger partial charge in [-0.15, -0.1) is 12.4 Å². The van der Waals surface area contributed by atoms with Crippen LogP contribution in [0.3, 0.4) is 0 Å². The molecule has 0 bridgehead atoms. The maximum Gasteiger partial charge on any atom is 0.166 e. The lowest BCUT2D eigenvalue weighted by Gasteiger charge is -2.17. The van der Waals surface area contributed by atoms with Crippen LogP contribution in [0.25, 0.3) is 0 Å². The van der Waals surface area contributed by atoms with Crippen molar-refractivity contribution in [3.05, 3.63) is 59.4 Å². The van der Waals surface area contributed by atoms with Gasteiger partial charge in [0.25, 0.3) is 0 Å². The number of halogens is 2. The van der Waals surface area contributed by atoms with E-state index in [1.54, 1.807) is 18.2 Å². The predicted molar refractivity (Wildman–Crippen MR) is 108 cm³/mol. The second kappa shape index (κ2) is 13.4. The first-order valence-corrected chi connectivity index (χ1v) is 9.15. The van der Waals surface area contributed by atoms with Crippen LogP contribution in [-0.4, -0.2) is 26.4 Å². The van der Waals surface area contributed by atoms with Crippen molar-refractivity contribution in [2.24, 2.45) is 0 Å². The van der Waals surface area contributed by atoms with Crippen molar-refractivity contribution < 1.29 is 18.6 Å². The predicted octanol–water partition coefficient (Wildman–Crippen LogP) is 4.74. The quantitative estimate of drug-likeness (QED) is 0.525. The van der Waals surface area contributed by atoms with Gasteiger partial charge in [0.05, 0.1) is 6.61 Å². The zero-order valence-corrected chi connectivity index (χ0v) is 16.8. The van der Waals surface area contributed by atoms with E-state index in [2.05, 4.69) is 5.32 Å². The molecule has 0 saturated carbocycles. The van der Waals surface area contributed by atoms with Gasteiger partial charge in [0.2, 0.25) is 0 Å². The Bertz CT molecular complexity index is 670. The van der Waals surface area contributed by atoms with Gasteiger partial charge in [-0.2, -0.15) is 0 Å². The summed E-state index contributed by atoms with van der Waals surface area (Å²) >= 11 is 0. The first-order chi connectivity index (χ1) is 12.8. The SMILES string of the molecule is CCOCCCNCc1cccc(OCC)c1OCc1ccccc1F.Cl. The Hall–Kier alpha value is -1.82. The Kier molecular flexibility index (Phi) is 11.5. The average molecular weight is 398 g/mol. The van der Waals surface area contributed by atoms with E-state index in [-0.39, 0.29) is 24.8 Å². The molecule has 0 unspecified atom stereocenters. The third kappa shape index (κ3) is 7.75. The van der Waals surface area contributed by atoms with Crippen LogP contribution in [0, 0.1) is 5.82 Å². The van der Waals surface area contributed by atoms with Crippen molar-refractivity contribution in [3.63, 3.8) is 0 Å². The minimum absolute atomic E-state index is 0. The molecule has 0 aliphatic heterocycles. The van der Waals surface area contributed by atoms with Crippen molar-refractivity contribution in [1.82, 2.24) is 5.32 Å². The smallest absolute Gasteiger partial charge is 0.166 e. The summed E-state index contributed by atoms with van der Waals surface area (Å²) in [6, 6.07) is 12.4. The van der Waals surface area contributed by atoms with Crippen molar-refractivity contribution in [2.45, 2.75) is 33.4 Å². The Morgan fingerprint density at radius 2 is 1.70 bits per heavy atom. The lowest BCUT2D eigenvalue weighted by Crippen LogP contribution is -2.17. The highest BCUT2D eigenvalue weighted by molar-refractivity contribution is 5.85. The summed E-state index contributed by atoms with van der Waals surface area (Å²) in [5.74, 6) is 1.07. The molecule has 1 N–H and O–H groups in total. The maximum atomic E-state index is 13.9. The molecule has 0 radical (unpaired) electrons. The van der Waals surface area contributed by atoms with Gasteiger partial charge in [0.15, 0.2) is 11.5 Å². The number of hydrogen-bond acceptors (Lipinski definition) is 4. The molecular weight excluding hydrogens is 369 g/mol. The summed E-state index contributed by atoms with van der Waals surface area (Å²) in [5, 5.41) is 3.39. The zero-order chi connectivity index (χ0) is 18.6. The second-order valence-electron chi connectivity index (χ2n) is 5.78. The molecule has 0 heterocycles. The Labute approximate surface area is 167 Å². The van der Waals surface area contributed by atoms with E-state index in [4.69, 9.17) is 14.2 Å². The van der Waals surface area contributed by atoms with E-state index in [1.165, 1.54) is 6.07 Å². The molecule has 27 heavy (non-hydrogen) atoms. The van der Waals surface area contributed by atoms with E-state index in [9.17, 15) is 4.39 Å². The van der Waals surface area contributed by atoms with E-state index in [0.717, 1.165) is 31.7 Å². The molecule has 2 aromatic rings. The van der Waals surface area contributed by atoms with Gasteiger partial charge in [-0.25, -0.2) is 4.39 Å². The molecule has 4 nitrogen and oxygen atoms in total. The zero-order valence-electron chi connectivity index (χ0n) is 16.0. The van der Waals surface area contributed by atoms with E-state index in [0.29, 0.717) is 30.2 Å². The molecule has 2 rings (SSSR count). The van der Waals surface area contributed by atoms with Crippen LogP contribution in [0.1, 0.15) is 31.4 Å². The number of rotatable bonds is 12. The molecule has 150 valence electrons. The molecule has 0 aliphatic carbocycles. The highest BCUT2D eigenvalue weighted by atomic mass is 35.5. The Morgan fingerprint density at radius 1 is 0.926 bits per heavy atom. The van der Waals surface area contributed by atoms with Crippen LogP contribution in [-0.2, 0) is 17.9 Å². The van der Waals surface area contributed by atoms with Gasteiger partial charge in [-0.1, -0.05) is 30.3 Å². The lowest BCUT2D eigenvalue weighted by atomic mass is 10.1.